The van der Waals surface area contributed by atoms with Crippen LogP contribution in [0.3, 0.4) is 0 Å². The molecule has 1 rings (SSSR count). The molecule has 0 aliphatic heterocycles. The average molecular weight is 286 g/mol. The molecule has 3 N–H and O–H groups in total. The van der Waals surface area contributed by atoms with Gasteiger partial charge in [-0.3, -0.25) is 4.72 Å². The Morgan fingerprint density at radius 3 is 2.63 bits per heavy atom. The van der Waals surface area contributed by atoms with Crippen molar-refractivity contribution in [1.82, 2.24) is 0 Å². The topological polar surface area (TPSA) is 81.4 Å². The molecule has 0 fully saturated rings. The van der Waals surface area contributed by atoms with Gasteiger partial charge in [0.25, 0.3) is 0 Å². The molecule has 0 saturated heterocycles. The molecular weight excluding hydrogens is 264 g/mol. The van der Waals surface area contributed by atoms with E-state index in [0.29, 0.717) is 18.0 Å². The molecule has 1 aromatic carbocycles. The molecule has 0 aliphatic rings. The number of hydrogen-bond donors (Lipinski definition) is 2. The number of unbranched alkanes of at least 4 members (excludes halogenated alkanes) is 3. The number of sulfonamides is 1. The molecule has 0 saturated carbocycles. The van der Waals surface area contributed by atoms with Crippen molar-refractivity contribution in [2.75, 3.05) is 24.1 Å². The second kappa shape index (κ2) is 8.01. The van der Waals surface area contributed by atoms with Crippen molar-refractivity contribution in [3.8, 4) is 5.75 Å². The Balaban J connectivity index is 2.36. The maximum Gasteiger partial charge on any atom is 0.229 e. The van der Waals surface area contributed by atoms with E-state index in [1.807, 2.05) is 6.07 Å². The summed E-state index contributed by atoms with van der Waals surface area (Å²) < 4.78 is 30.2. The lowest BCUT2D eigenvalue weighted by atomic mass is 10.2. The van der Waals surface area contributed by atoms with Gasteiger partial charge < -0.3 is 10.5 Å². The van der Waals surface area contributed by atoms with Gasteiger partial charge in [-0.05, 0) is 31.5 Å². The first kappa shape index (κ1) is 15.8. The fourth-order valence-electron chi connectivity index (χ4n) is 1.65. The summed E-state index contributed by atoms with van der Waals surface area (Å²) in [7, 11) is -3.25. The summed E-state index contributed by atoms with van der Waals surface area (Å²) in [5.74, 6) is 0.674. The van der Waals surface area contributed by atoms with Crippen molar-refractivity contribution in [2.24, 2.45) is 5.73 Å². The highest BCUT2D eigenvalue weighted by Gasteiger charge is 2.02. The number of nitrogens with one attached hydrogen (secondary N) is 1. The minimum Gasteiger partial charge on any atom is -0.494 e. The third-order valence-corrected chi connectivity index (χ3v) is 3.11. The molecule has 0 unspecified atom stereocenters. The highest BCUT2D eigenvalue weighted by Crippen LogP contribution is 2.18. The third kappa shape index (κ3) is 7.69. The number of rotatable bonds is 9. The van der Waals surface area contributed by atoms with Crippen LogP contribution in [0.25, 0.3) is 0 Å². The SMILES string of the molecule is CS(=O)(=O)Nc1cccc(OCCCCCCN)c1. The first-order valence-corrected chi connectivity index (χ1v) is 8.31. The van der Waals surface area contributed by atoms with Crippen LogP contribution in [0.1, 0.15) is 25.7 Å². The summed E-state index contributed by atoms with van der Waals surface area (Å²) in [6.07, 6.45) is 5.36. The second-order valence-electron chi connectivity index (χ2n) is 4.45. The van der Waals surface area contributed by atoms with Gasteiger partial charge in [-0.15, -0.1) is 0 Å². The zero-order valence-electron chi connectivity index (χ0n) is 11.3. The van der Waals surface area contributed by atoms with E-state index in [9.17, 15) is 8.42 Å². The largest absolute Gasteiger partial charge is 0.494 e. The Morgan fingerprint density at radius 2 is 1.95 bits per heavy atom. The molecule has 0 amide bonds. The predicted molar refractivity (Wildman–Crippen MR) is 77.9 cm³/mol. The van der Waals surface area contributed by atoms with Crippen molar-refractivity contribution in [2.45, 2.75) is 25.7 Å². The van der Waals surface area contributed by atoms with Gasteiger partial charge in [0.05, 0.1) is 18.6 Å². The Bertz CT molecular complexity index is 475. The van der Waals surface area contributed by atoms with Crippen LogP contribution in [-0.2, 0) is 10.0 Å². The van der Waals surface area contributed by atoms with Gasteiger partial charge in [0, 0.05) is 6.07 Å². The summed E-state index contributed by atoms with van der Waals surface area (Å²) in [6, 6.07) is 6.95. The Morgan fingerprint density at radius 1 is 1.21 bits per heavy atom. The van der Waals surface area contributed by atoms with E-state index in [1.165, 1.54) is 0 Å². The standard InChI is InChI=1S/C13H22N2O3S/c1-19(16,17)15-12-7-6-8-13(11-12)18-10-5-3-2-4-9-14/h6-8,11,15H,2-5,9-10,14H2,1H3. The van der Waals surface area contributed by atoms with Gasteiger partial charge in [-0.2, -0.15) is 0 Å². The van der Waals surface area contributed by atoms with Gasteiger partial charge in [-0.1, -0.05) is 18.9 Å². The summed E-state index contributed by atoms with van der Waals surface area (Å²) in [5, 5.41) is 0. The fourth-order valence-corrected chi connectivity index (χ4v) is 2.21. The van der Waals surface area contributed by atoms with Crippen LogP contribution in [-0.4, -0.2) is 27.8 Å². The molecule has 0 spiro atoms. The molecule has 1 aromatic rings. The molecule has 0 heterocycles. The average Bonchev–Trinajstić information content (AvgIpc) is 2.32. The van der Waals surface area contributed by atoms with Gasteiger partial charge >= 0.3 is 0 Å². The zero-order valence-corrected chi connectivity index (χ0v) is 12.1. The molecule has 108 valence electrons. The maximum atomic E-state index is 11.1. The van der Waals surface area contributed by atoms with Crippen molar-refractivity contribution < 1.29 is 13.2 Å². The monoisotopic (exact) mass is 286 g/mol. The Kier molecular flexibility index (Phi) is 6.66. The van der Waals surface area contributed by atoms with E-state index in [4.69, 9.17) is 10.5 Å². The quantitative estimate of drug-likeness (QED) is 0.680. The van der Waals surface area contributed by atoms with E-state index in [0.717, 1.165) is 38.5 Å². The van der Waals surface area contributed by atoms with Crippen LogP contribution in [0.4, 0.5) is 5.69 Å². The van der Waals surface area contributed by atoms with E-state index >= 15 is 0 Å². The fraction of sp³-hybridized carbons (Fsp3) is 0.538. The maximum absolute atomic E-state index is 11.1. The summed E-state index contributed by atoms with van der Waals surface area (Å²) >= 11 is 0. The van der Waals surface area contributed by atoms with Crippen molar-refractivity contribution in [1.29, 1.82) is 0 Å². The van der Waals surface area contributed by atoms with Crippen molar-refractivity contribution in [3.05, 3.63) is 24.3 Å². The lowest BCUT2D eigenvalue weighted by Gasteiger charge is -2.08. The Hall–Kier alpha value is -1.27. The number of anilines is 1. The number of hydrogen-bond acceptors (Lipinski definition) is 4. The van der Waals surface area contributed by atoms with Gasteiger partial charge in [0.2, 0.25) is 10.0 Å². The summed E-state index contributed by atoms with van der Waals surface area (Å²) in [4.78, 5) is 0. The molecular formula is C13H22N2O3S. The highest BCUT2D eigenvalue weighted by atomic mass is 32.2. The summed E-state index contributed by atoms with van der Waals surface area (Å²) in [6.45, 7) is 1.37. The van der Waals surface area contributed by atoms with Crippen LogP contribution in [0.15, 0.2) is 24.3 Å². The van der Waals surface area contributed by atoms with Crippen LogP contribution in [0.5, 0.6) is 5.75 Å². The molecule has 19 heavy (non-hydrogen) atoms. The first-order valence-electron chi connectivity index (χ1n) is 6.42. The van der Waals surface area contributed by atoms with Crippen LogP contribution in [0, 0.1) is 0 Å². The Labute approximate surface area is 115 Å². The van der Waals surface area contributed by atoms with E-state index in [-0.39, 0.29) is 0 Å². The van der Waals surface area contributed by atoms with Crippen LogP contribution >= 0.6 is 0 Å². The molecule has 0 aromatic heterocycles. The normalized spacial score (nSPS) is 11.3. The second-order valence-corrected chi connectivity index (χ2v) is 6.20. The number of nitrogens with two attached hydrogens (primary N) is 1. The lowest BCUT2D eigenvalue weighted by Crippen LogP contribution is -2.09. The molecule has 5 nitrogen and oxygen atoms in total. The predicted octanol–water partition coefficient (Wildman–Crippen LogP) is 1.96. The molecule has 0 radical (unpaired) electrons. The lowest BCUT2D eigenvalue weighted by molar-refractivity contribution is 0.305. The van der Waals surface area contributed by atoms with Crippen LogP contribution in [0.2, 0.25) is 0 Å². The van der Waals surface area contributed by atoms with Gasteiger partial charge in [0.15, 0.2) is 0 Å². The first-order chi connectivity index (χ1) is 9.01. The van der Waals surface area contributed by atoms with E-state index in [1.54, 1.807) is 18.2 Å². The third-order valence-electron chi connectivity index (χ3n) is 2.50. The van der Waals surface area contributed by atoms with Crippen molar-refractivity contribution in [3.63, 3.8) is 0 Å². The minimum atomic E-state index is -3.25. The zero-order chi connectivity index (χ0) is 14.1. The van der Waals surface area contributed by atoms with Gasteiger partial charge in [-0.25, -0.2) is 8.42 Å². The molecule has 6 heteroatoms. The smallest absolute Gasteiger partial charge is 0.229 e. The molecule has 0 bridgehead atoms. The highest BCUT2D eigenvalue weighted by molar-refractivity contribution is 7.92. The van der Waals surface area contributed by atoms with Crippen LogP contribution < -0.4 is 15.2 Å². The number of benzene rings is 1. The number of ether oxygens (including phenoxy) is 1. The molecule has 0 atom stereocenters. The van der Waals surface area contributed by atoms with Gasteiger partial charge in [0.1, 0.15) is 5.75 Å². The summed E-state index contributed by atoms with van der Waals surface area (Å²) in [5.41, 5.74) is 5.93. The van der Waals surface area contributed by atoms with Crippen molar-refractivity contribution >= 4 is 15.7 Å². The minimum absolute atomic E-state index is 0.517. The molecule has 0 aliphatic carbocycles. The van der Waals surface area contributed by atoms with E-state index in [2.05, 4.69) is 4.72 Å². The van der Waals surface area contributed by atoms with E-state index < -0.39 is 10.0 Å².